The SMILES string of the molecule is C.O=COc1csc(-n2nc(-c3ccccc3)c3ccc(SCc4ccccc4)nc32)n1. The average Bonchev–Trinajstić information content (AvgIpc) is 3.43. The normalized spacial score (nSPS) is 10.6. The molecule has 0 bridgehead atoms. The van der Waals surface area contributed by atoms with Crippen molar-refractivity contribution in [2.24, 2.45) is 0 Å². The maximum absolute atomic E-state index is 10.7. The van der Waals surface area contributed by atoms with E-state index in [2.05, 4.69) is 23.2 Å². The Hall–Kier alpha value is -3.49. The molecule has 0 saturated heterocycles. The Kier molecular flexibility index (Phi) is 6.63. The molecule has 6 nitrogen and oxygen atoms in total. The van der Waals surface area contributed by atoms with Gasteiger partial charge in [0.2, 0.25) is 11.0 Å². The number of hydrogen-bond donors (Lipinski definition) is 0. The van der Waals surface area contributed by atoms with Gasteiger partial charge in [-0.25, -0.2) is 4.98 Å². The molecule has 0 fully saturated rings. The molecule has 0 spiro atoms. The Morgan fingerprint density at radius 3 is 2.47 bits per heavy atom. The summed E-state index contributed by atoms with van der Waals surface area (Å²) >= 11 is 3.01. The van der Waals surface area contributed by atoms with E-state index in [4.69, 9.17) is 14.8 Å². The van der Waals surface area contributed by atoms with Gasteiger partial charge in [-0.1, -0.05) is 79.4 Å². The van der Waals surface area contributed by atoms with Gasteiger partial charge in [-0.3, -0.25) is 4.79 Å². The van der Waals surface area contributed by atoms with E-state index in [1.165, 1.54) is 16.9 Å². The van der Waals surface area contributed by atoms with E-state index in [0.29, 0.717) is 17.3 Å². The van der Waals surface area contributed by atoms with Gasteiger partial charge in [0.15, 0.2) is 5.65 Å². The van der Waals surface area contributed by atoms with E-state index >= 15 is 0 Å². The van der Waals surface area contributed by atoms with Gasteiger partial charge in [0.05, 0.1) is 10.4 Å². The lowest BCUT2D eigenvalue weighted by atomic mass is 10.1. The molecule has 0 aliphatic carbocycles. The number of pyridine rings is 1. The first-order chi connectivity index (χ1) is 15.3. The van der Waals surface area contributed by atoms with Crippen molar-refractivity contribution < 1.29 is 9.53 Å². The van der Waals surface area contributed by atoms with Gasteiger partial charge in [-0.2, -0.15) is 14.8 Å². The van der Waals surface area contributed by atoms with E-state index in [-0.39, 0.29) is 13.3 Å². The Bertz CT molecular complexity index is 1330. The summed E-state index contributed by atoms with van der Waals surface area (Å²) < 4.78 is 6.59. The first kappa shape index (κ1) is 21.7. The van der Waals surface area contributed by atoms with Crippen molar-refractivity contribution >= 4 is 40.6 Å². The maximum Gasteiger partial charge on any atom is 0.299 e. The Morgan fingerprint density at radius 2 is 1.72 bits per heavy atom. The van der Waals surface area contributed by atoms with Crippen molar-refractivity contribution in [2.45, 2.75) is 18.2 Å². The van der Waals surface area contributed by atoms with Crippen LogP contribution in [-0.4, -0.2) is 26.2 Å². The highest BCUT2D eigenvalue weighted by molar-refractivity contribution is 7.98. The van der Waals surface area contributed by atoms with Crippen LogP contribution < -0.4 is 4.74 Å². The highest BCUT2D eigenvalue weighted by atomic mass is 32.2. The summed E-state index contributed by atoms with van der Waals surface area (Å²) in [6.45, 7) is 0.367. The second-order valence-electron chi connectivity index (χ2n) is 6.60. The molecule has 0 saturated carbocycles. The van der Waals surface area contributed by atoms with Crippen LogP contribution in [-0.2, 0) is 10.5 Å². The quantitative estimate of drug-likeness (QED) is 0.219. The van der Waals surface area contributed by atoms with Crippen LogP contribution in [0.5, 0.6) is 5.88 Å². The van der Waals surface area contributed by atoms with Gasteiger partial charge in [-0.05, 0) is 17.7 Å². The third-order valence-corrected chi connectivity index (χ3v) is 6.40. The van der Waals surface area contributed by atoms with Crippen LogP contribution in [0.15, 0.2) is 83.2 Å². The molecule has 0 unspecified atom stereocenters. The first-order valence-electron chi connectivity index (χ1n) is 9.50. The monoisotopic (exact) mass is 460 g/mol. The summed E-state index contributed by atoms with van der Waals surface area (Å²) in [4.78, 5) is 19.9. The fourth-order valence-electron chi connectivity index (χ4n) is 3.18. The first-order valence-corrected chi connectivity index (χ1v) is 11.4. The second kappa shape index (κ2) is 9.76. The Balaban J connectivity index is 0.00000245. The molecule has 8 heteroatoms. The molecule has 0 atom stereocenters. The number of rotatable bonds is 7. The number of aromatic nitrogens is 4. The van der Waals surface area contributed by atoms with Gasteiger partial charge < -0.3 is 4.74 Å². The van der Waals surface area contributed by atoms with Crippen molar-refractivity contribution in [1.29, 1.82) is 0 Å². The third kappa shape index (κ3) is 4.42. The predicted molar refractivity (Wildman–Crippen MR) is 129 cm³/mol. The largest absolute Gasteiger partial charge is 0.409 e. The topological polar surface area (TPSA) is 69.9 Å². The molecule has 32 heavy (non-hydrogen) atoms. The summed E-state index contributed by atoms with van der Waals surface area (Å²) in [5.74, 6) is 1.07. The van der Waals surface area contributed by atoms with Crippen LogP contribution >= 0.6 is 23.1 Å². The lowest BCUT2D eigenvalue weighted by Crippen LogP contribution is -1.98. The van der Waals surface area contributed by atoms with Crippen LogP contribution in [0.25, 0.3) is 27.4 Å². The van der Waals surface area contributed by atoms with Gasteiger partial charge in [0, 0.05) is 16.7 Å². The minimum Gasteiger partial charge on any atom is -0.409 e. The van der Waals surface area contributed by atoms with Crippen LogP contribution in [0.2, 0.25) is 0 Å². The van der Waals surface area contributed by atoms with Crippen molar-refractivity contribution in [1.82, 2.24) is 19.7 Å². The van der Waals surface area contributed by atoms with Gasteiger partial charge in [0.1, 0.15) is 5.69 Å². The highest BCUT2D eigenvalue weighted by Crippen LogP contribution is 2.32. The fraction of sp³-hybridized carbons (Fsp3) is 0.0833. The summed E-state index contributed by atoms with van der Waals surface area (Å²) in [6, 6.07) is 24.4. The van der Waals surface area contributed by atoms with Crippen LogP contribution in [0, 0.1) is 0 Å². The summed E-state index contributed by atoms with van der Waals surface area (Å²) in [7, 11) is 0. The molecular formula is C24H20N4O2S2. The van der Waals surface area contributed by atoms with Crippen LogP contribution in [0.1, 0.15) is 13.0 Å². The predicted octanol–water partition coefficient (Wildman–Crippen LogP) is 6.01. The highest BCUT2D eigenvalue weighted by Gasteiger charge is 2.18. The number of hydrogen-bond acceptors (Lipinski definition) is 7. The number of thioether (sulfide) groups is 1. The molecule has 3 heterocycles. The number of carbonyl (C=O) groups excluding carboxylic acids is 1. The van der Waals surface area contributed by atoms with Crippen LogP contribution in [0.3, 0.4) is 0 Å². The van der Waals surface area contributed by atoms with Gasteiger partial charge >= 0.3 is 0 Å². The number of fused-ring (bicyclic) bond motifs is 1. The van der Waals surface area contributed by atoms with Gasteiger partial charge in [-0.15, -0.1) is 11.8 Å². The summed E-state index contributed by atoms with van der Waals surface area (Å²) in [6.07, 6.45) is 0. The summed E-state index contributed by atoms with van der Waals surface area (Å²) in [5, 5.41) is 8.91. The molecule has 0 amide bonds. The number of ether oxygens (including phenoxy) is 1. The van der Waals surface area contributed by atoms with E-state index < -0.39 is 0 Å². The minimum absolute atomic E-state index is 0. The van der Waals surface area contributed by atoms with Gasteiger partial charge in [0.25, 0.3) is 6.47 Å². The molecule has 5 rings (SSSR count). The van der Waals surface area contributed by atoms with E-state index in [1.54, 1.807) is 21.8 Å². The van der Waals surface area contributed by atoms with Crippen molar-refractivity contribution in [3.05, 3.63) is 83.7 Å². The van der Waals surface area contributed by atoms with Crippen LogP contribution in [0.4, 0.5) is 0 Å². The number of thiazole rings is 1. The standard InChI is InChI=1S/C23H16N4O2S2.CH4/c28-15-29-19-14-31-23(24-19)27-22-18(21(26-27)17-9-5-2-6-10-17)11-12-20(25-22)30-13-16-7-3-1-4-8-16;/h1-12,14-15H,13H2;1H4. The molecule has 2 aromatic carbocycles. The Morgan fingerprint density at radius 1 is 0.969 bits per heavy atom. The molecule has 5 aromatic rings. The zero-order valence-corrected chi connectivity index (χ0v) is 17.8. The van der Waals surface area contributed by atoms with Crippen molar-refractivity contribution in [2.75, 3.05) is 0 Å². The maximum atomic E-state index is 10.7. The molecule has 0 N–H and O–H groups in total. The average molecular weight is 461 g/mol. The number of nitrogens with zero attached hydrogens (tertiary/aromatic N) is 4. The van der Waals surface area contributed by atoms with E-state index in [0.717, 1.165) is 27.4 Å². The Labute approximate surface area is 193 Å². The fourth-order valence-corrected chi connectivity index (χ4v) is 4.69. The van der Waals surface area contributed by atoms with Crippen molar-refractivity contribution in [3.63, 3.8) is 0 Å². The van der Waals surface area contributed by atoms with Crippen molar-refractivity contribution in [3.8, 4) is 22.3 Å². The molecule has 160 valence electrons. The number of carbonyl (C=O) groups is 1. The minimum atomic E-state index is 0. The smallest absolute Gasteiger partial charge is 0.299 e. The second-order valence-corrected chi connectivity index (χ2v) is 8.44. The zero-order chi connectivity index (χ0) is 21.0. The molecule has 0 aliphatic rings. The van der Waals surface area contributed by atoms with E-state index in [9.17, 15) is 4.79 Å². The lowest BCUT2D eigenvalue weighted by molar-refractivity contribution is -0.120. The van der Waals surface area contributed by atoms with E-state index in [1.807, 2.05) is 54.6 Å². The zero-order valence-electron chi connectivity index (χ0n) is 16.2. The molecule has 3 aromatic heterocycles. The lowest BCUT2D eigenvalue weighted by Gasteiger charge is -2.03. The number of benzene rings is 2. The third-order valence-electron chi connectivity index (χ3n) is 4.60. The summed E-state index contributed by atoms with van der Waals surface area (Å²) in [5.41, 5.74) is 3.78. The molecule has 0 aliphatic heterocycles. The molecular weight excluding hydrogens is 440 g/mol. The molecule has 0 radical (unpaired) electrons.